The lowest BCUT2D eigenvalue weighted by atomic mass is 10.1. The zero-order valence-corrected chi connectivity index (χ0v) is 16.9. The molecule has 2 heterocycles. The van der Waals surface area contributed by atoms with Crippen molar-refractivity contribution in [2.75, 3.05) is 24.8 Å². The lowest BCUT2D eigenvalue weighted by Crippen LogP contribution is -2.32. The van der Waals surface area contributed by atoms with Crippen molar-refractivity contribution in [3.8, 4) is 11.5 Å². The van der Waals surface area contributed by atoms with Gasteiger partial charge in [-0.2, -0.15) is 8.78 Å². The predicted molar refractivity (Wildman–Crippen MR) is 105 cm³/mol. The van der Waals surface area contributed by atoms with Crippen molar-refractivity contribution in [2.24, 2.45) is 5.92 Å². The average molecular weight is 452 g/mol. The number of carbonyl (C=O) groups excluding carboxylic acids is 2. The van der Waals surface area contributed by atoms with Crippen LogP contribution >= 0.6 is 0 Å². The van der Waals surface area contributed by atoms with Gasteiger partial charge < -0.3 is 19.7 Å². The molecule has 1 atom stereocenters. The summed E-state index contributed by atoms with van der Waals surface area (Å²) in [6, 6.07) is 9.94. The summed E-state index contributed by atoms with van der Waals surface area (Å²) in [5.74, 6) is -3.67. The van der Waals surface area contributed by atoms with Crippen LogP contribution in [0.2, 0.25) is 0 Å². The van der Waals surface area contributed by atoms with Crippen molar-refractivity contribution >= 4 is 27.3 Å². The van der Waals surface area contributed by atoms with Crippen LogP contribution < -0.4 is 19.7 Å². The van der Waals surface area contributed by atoms with Crippen LogP contribution in [0.4, 0.5) is 14.5 Å². The summed E-state index contributed by atoms with van der Waals surface area (Å²) in [5, 5.41) is 2.55. The fraction of sp³-hybridized carbons (Fsp3) is 0.300. The molecule has 4 rings (SSSR count). The Morgan fingerprint density at radius 1 is 1.16 bits per heavy atom. The first-order chi connectivity index (χ1) is 14.8. The number of anilines is 1. The van der Waals surface area contributed by atoms with Gasteiger partial charge in [-0.1, -0.05) is 12.1 Å². The molecule has 2 amide bonds. The van der Waals surface area contributed by atoms with Crippen LogP contribution in [0.25, 0.3) is 0 Å². The van der Waals surface area contributed by atoms with Crippen LogP contribution in [0.15, 0.2) is 47.4 Å². The monoisotopic (exact) mass is 452 g/mol. The Balaban J connectivity index is 1.43. The number of nitrogens with one attached hydrogen (secondary N) is 1. The third-order valence-electron chi connectivity index (χ3n) is 5.10. The number of sulfone groups is 1. The maximum absolute atomic E-state index is 12.9. The van der Waals surface area contributed by atoms with Gasteiger partial charge >= 0.3 is 5.76 Å². The van der Waals surface area contributed by atoms with Crippen molar-refractivity contribution < 1.29 is 36.3 Å². The molecule has 0 aliphatic carbocycles. The number of alkyl halides is 2. The molecule has 0 spiro atoms. The molecule has 2 aromatic carbocycles. The quantitative estimate of drug-likeness (QED) is 0.721. The molecule has 8 nitrogen and oxygen atoms in total. The molecule has 11 heteroatoms. The first-order valence-electron chi connectivity index (χ1n) is 9.36. The number of fused-ring (bicyclic) bond motifs is 1. The summed E-state index contributed by atoms with van der Waals surface area (Å²) in [6.07, 6.45) is 0.172. The maximum Gasteiger partial charge on any atom is 0.341 e. The van der Waals surface area contributed by atoms with Crippen LogP contribution in [0.5, 0.6) is 11.5 Å². The van der Waals surface area contributed by atoms with E-state index in [-0.39, 0.29) is 37.1 Å². The molecular formula is C20H18F2N2O6S. The first-order valence-corrected chi connectivity index (χ1v) is 10.9. The lowest BCUT2D eigenvalue weighted by molar-refractivity contribution is -0.117. The number of ether oxygens (including phenoxy) is 2. The first kappa shape index (κ1) is 21.0. The molecular weight excluding hydrogens is 434 g/mol. The van der Waals surface area contributed by atoms with E-state index in [9.17, 15) is 26.8 Å². The second kappa shape index (κ2) is 8.14. The topological polar surface area (TPSA) is 102 Å². The van der Waals surface area contributed by atoms with Gasteiger partial charge in [0, 0.05) is 37.2 Å². The van der Waals surface area contributed by atoms with E-state index in [1.807, 2.05) is 0 Å². The van der Waals surface area contributed by atoms with Gasteiger partial charge in [-0.25, -0.2) is 8.42 Å². The molecule has 0 bridgehead atoms. The smallest absolute Gasteiger partial charge is 0.341 e. The number of benzene rings is 2. The van der Waals surface area contributed by atoms with Crippen molar-refractivity contribution in [2.45, 2.75) is 17.1 Å². The Labute approximate surface area is 176 Å². The molecule has 0 saturated carbocycles. The molecule has 164 valence electrons. The van der Waals surface area contributed by atoms with Crippen LogP contribution in [-0.4, -0.2) is 45.9 Å². The van der Waals surface area contributed by atoms with Crippen molar-refractivity contribution in [1.82, 2.24) is 5.32 Å². The molecule has 0 aromatic heterocycles. The van der Waals surface area contributed by atoms with E-state index < -0.39 is 26.4 Å². The van der Waals surface area contributed by atoms with Crippen LogP contribution in [0, 0.1) is 5.92 Å². The van der Waals surface area contributed by atoms with Crippen molar-refractivity contribution in [3.63, 3.8) is 0 Å². The molecule has 2 aliphatic heterocycles. The van der Waals surface area contributed by atoms with Gasteiger partial charge in [-0.3, -0.25) is 9.59 Å². The van der Waals surface area contributed by atoms with Crippen molar-refractivity contribution in [3.05, 3.63) is 48.0 Å². The third-order valence-corrected chi connectivity index (χ3v) is 6.54. The molecule has 1 saturated heterocycles. The van der Waals surface area contributed by atoms with Gasteiger partial charge in [0.25, 0.3) is 5.91 Å². The largest absolute Gasteiger partial charge is 0.454 e. The zero-order chi connectivity index (χ0) is 22.2. The average Bonchev–Trinajstić information content (AvgIpc) is 3.37. The Bertz CT molecular complexity index is 1140. The van der Waals surface area contributed by atoms with Gasteiger partial charge in [-0.15, -0.1) is 0 Å². The van der Waals surface area contributed by atoms with Gasteiger partial charge in [0.05, 0.1) is 10.5 Å². The molecule has 2 aromatic rings. The van der Waals surface area contributed by atoms with Crippen LogP contribution in [-0.2, 0) is 14.6 Å². The highest BCUT2D eigenvalue weighted by molar-refractivity contribution is 7.91. The third kappa shape index (κ3) is 4.05. The second-order valence-corrected chi connectivity index (χ2v) is 9.01. The minimum atomic E-state index is -4.93. The van der Waals surface area contributed by atoms with Gasteiger partial charge in [0.1, 0.15) is 0 Å². The number of hydrogen-bond donors (Lipinski definition) is 1. The van der Waals surface area contributed by atoms with E-state index in [1.54, 1.807) is 23.1 Å². The fourth-order valence-corrected chi connectivity index (χ4v) is 4.48. The van der Waals surface area contributed by atoms with E-state index in [2.05, 4.69) is 5.32 Å². The van der Waals surface area contributed by atoms with Crippen LogP contribution in [0.3, 0.4) is 0 Å². The Kier molecular flexibility index (Phi) is 5.52. The van der Waals surface area contributed by atoms with Gasteiger partial charge in [0.15, 0.2) is 11.5 Å². The van der Waals surface area contributed by atoms with Crippen molar-refractivity contribution in [1.29, 1.82) is 0 Å². The van der Waals surface area contributed by atoms with E-state index in [0.29, 0.717) is 23.7 Å². The summed E-state index contributed by atoms with van der Waals surface area (Å²) < 4.78 is 60.1. The SMILES string of the molecule is O=C(NCC1CC(=O)N(c2ccc3c(c2)OCO3)C1)c1ccccc1S(=O)(=O)C(F)F. The summed E-state index contributed by atoms with van der Waals surface area (Å²) in [6.45, 7) is 0.522. The van der Waals surface area contributed by atoms with E-state index in [0.717, 1.165) is 6.07 Å². The van der Waals surface area contributed by atoms with E-state index in [1.165, 1.54) is 18.2 Å². The van der Waals surface area contributed by atoms with Gasteiger partial charge in [0.2, 0.25) is 22.5 Å². The highest BCUT2D eigenvalue weighted by Gasteiger charge is 2.33. The number of carbonyl (C=O) groups is 2. The lowest BCUT2D eigenvalue weighted by Gasteiger charge is -2.17. The van der Waals surface area contributed by atoms with Gasteiger partial charge in [-0.05, 0) is 24.3 Å². The van der Waals surface area contributed by atoms with E-state index >= 15 is 0 Å². The minimum absolute atomic E-state index is 0.0781. The summed E-state index contributed by atoms with van der Waals surface area (Å²) in [4.78, 5) is 25.8. The normalized spacial score (nSPS) is 18.0. The molecule has 1 N–H and O–H groups in total. The second-order valence-electron chi connectivity index (χ2n) is 7.12. The summed E-state index contributed by atoms with van der Waals surface area (Å²) >= 11 is 0. The Morgan fingerprint density at radius 3 is 2.68 bits per heavy atom. The van der Waals surface area contributed by atoms with Crippen LogP contribution in [0.1, 0.15) is 16.8 Å². The fourth-order valence-electron chi connectivity index (χ4n) is 3.55. The molecule has 31 heavy (non-hydrogen) atoms. The molecule has 0 radical (unpaired) electrons. The summed E-state index contributed by atoms with van der Waals surface area (Å²) in [5.41, 5.74) is 0.274. The summed E-state index contributed by atoms with van der Waals surface area (Å²) in [7, 11) is -4.93. The number of amides is 2. The molecule has 2 aliphatic rings. The number of rotatable bonds is 6. The molecule has 1 fully saturated rings. The van der Waals surface area contributed by atoms with E-state index in [4.69, 9.17) is 9.47 Å². The molecule has 1 unspecified atom stereocenters. The zero-order valence-electron chi connectivity index (χ0n) is 16.1. The predicted octanol–water partition coefficient (Wildman–Crippen LogP) is 2.19. The maximum atomic E-state index is 12.9. The Hall–Kier alpha value is -3.21. The number of hydrogen-bond acceptors (Lipinski definition) is 6. The Morgan fingerprint density at radius 2 is 1.90 bits per heavy atom. The standard InChI is InChI=1S/C20H18F2N2O6S/c21-20(22)31(27,28)17-4-2-1-3-14(17)19(26)23-9-12-7-18(25)24(10-12)13-5-6-15-16(8-13)30-11-29-15/h1-6,8,12,20H,7,9-11H2,(H,23,26). The number of nitrogens with zero attached hydrogens (tertiary/aromatic N) is 1. The highest BCUT2D eigenvalue weighted by Crippen LogP contribution is 2.37. The minimum Gasteiger partial charge on any atom is -0.454 e. The highest BCUT2D eigenvalue weighted by atomic mass is 32.2. The number of halogens is 2.